The monoisotopic (exact) mass is 394 g/mol. The Labute approximate surface area is 172 Å². The van der Waals surface area contributed by atoms with Gasteiger partial charge < -0.3 is 19.9 Å². The van der Waals surface area contributed by atoms with E-state index >= 15 is 0 Å². The van der Waals surface area contributed by atoms with E-state index in [0.717, 1.165) is 47.8 Å². The van der Waals surface area contributed by atoms with E-state index in [1.54, 1.807) is 0 Å². The third kappa shape index (κ3) is 6.06. The van der Waals surface area contributed by atoms with Gasteiger partial charge in [0.05, 0.1) is 11.0 Å². The zero-order valence-corrected chi connectivity index (χ0v) is 17.3. The van der Waals surface area contributed by atoms with E-state index in [4.69, 9.17) is 4.74 Å². The lowest BCUT2D eigenvalue weighted by molar-refractivity contribution is -0.121. The molecule has 3 rings (SSSR count). The smallest absolute Gasteiger partial charge is 0.220 e. The van der Waals surface area contributed by atoms with Crippen molar-refractivity contribution in [3.05, 3.63) is 59.9 Å². The van der Waals surface area contributed by atoms with Gasteiger partial charge in [0.1, 0.15) is 18.2 Å². The van der Waals surface area contributed by atoms with Crippen LogP contribution in [0, 0.1) is 0 Å². The molecule has 1 aromatic heterocycles. The van der Waals surface area contributed by atoms with Crippen LogP contribution in [0.5, 0.6) is 5.75 Å². The maximum Gasteiger partial charge on any atom is 0.220 e. The predicted molar refractivity (Wildman–Crippen MR) is 116 cm³/mol. The molecule has 0 saturated carbocycles. The molecule has 154 valence electrons. The van der Waals surface area contributed by atoms with Gasteiger partial charge in [0.15, 0.2) is 0 Å². The Morgan fingerprint density at radius 3 is 2.66 bits per heavy atom. The van der Waals surface area contributed by atoms with Crippen LogP contribution in [0.2, 0.25) is 0 Å². The number of carbonyl (C=O) groups excluding carboxylic acids is 1. The number of ether oxygens (including phenoxy) is 1. The second-order valence-corrected chi connectivity index (χ2v) is 6.96. The number of H-pyrrole nitrogens is 1. The van der Waals surface area contributed by atoms with Gasteiger partial charge in [0.25, 0.3) is 0 Å². The highest BCUT2D eigenvalue weighted by atomic mass is 16.5. The van der Waals surface area contributed by atoms with Gasteiger partial charge in [-0.1, -0.05) is 44.2 Å². The van der Waals surface area contributed by atoms with Crippen molar-refractivity contribution in [3.8, 4) is 5.75 Å². The molecule has 1 amide bonds. The number of aryl methyl sites for hydroxylation is 1. The standard InChI is InChI=1S/C23H30N4O2/c1-3-27(4-2)15-16-29-21-12-8-5-9-18(21)17-24-23(28)14-13-22-25-19-10-6-7-11-20(19)26-22/h5-12H,3-4,13-17H2,1-2H3,(H,24,28)(H,25,26). The van der Waals surface area contributed by atoms with E-state index in [9.17, 15) is 4.79 Å². The average Bonchev–Trinajstić information content (AvgIpc) is 3.17. The number of nitrogens with zero attached hydrogens (tertiary/aromatic N) is 2. The summed E-state index contributed by atoms with van der Waals surface area (Å²) in [7, 11) is 0. The van der Waals surface area contributed by atoms with Gasteiger partial charge in [-0.25, -0.2) is 4.98 Å². The van der Waals surface area contributed by atoms with Gasteiger partial charge in [-0.05, 0) is 31.3 Å². The molecule has 0 aliphatic heterocycles. The van der Waals surface area contributed by atoms with Gasteiger partial charge in [0, 0.05) is 31.5 Å². The Kier molecular flexibility index (Phi) is 7.64. The molecule has 2 N–H and O–H groups in total. The fourth-order valence-electron chi connectivity index (χ4n) is 3.25. The quantitative estimate of drug-likeness (QED) is 0.522. The molecular formula is C23H30N4O2. The van der Waals surface area contributed by atoms with Crippen LogP contribution in [-0.2, 0) is 17.8 Å². The molecule has 0 fully saturated rings. The Balaban J connectivity index is 1.47. The molecule has 0 aliphatic rings. The molecule has 1 heterocycles. The van der Waals surface area contributed by atoms with Crippen molar-refractivity contribution in [2.75, 3.05) is 26.2 Å². The molecule has 6 heteroatoms. The SMILES string of the molecule is CCN(CC)CCOc1ccccc1CNC(=O)CCc1nc2ccccc2[nH]1. The number of rotatable bonds is 11. The molecule has 0 unspecified atom stereocenters. The zero-order valence-electron chi connectivity index (χ0n) is 17.3. The number of nitrogens with one attached hydrogen (secondary N) is 2. The summed E-state index contributed by atoms with van der Waals surface area (Å²) in [4.78, 5) is 22.4. The number of fused-ring (bicyclic) bond motifs is 1. The van der Waals surface area contributed by atoms with E-state index in [-0.39, 0.29) is 5.91 Å². The number of likely N-dealkylation sites (N-methyl/N-ethyl adjacent to an activating group) is 1. The van der Waals surface area contributed by atoms with Gasteiger partial charge in [-0.3, -0.25) is 4.79 Å². The maximum atomic E-state index is 12.3. The van der Waals surface area contributed by atoms with E-state index in [1.807, 2.05) is 48.5 Å². The highest BCUT2D eigenvalue weighted by Gasteiger charge is 2.09. The second-order valence-electron chi connectivity index (χ2n) is 6.96. The van der Waals surface area contributed by atoms with Crippen molar-refractivity contribution >= 4 is 16.9 Å². The van der Waals surface area contributed by atoms with Crippen molar-refractivity contribution in [3.63, 3.8) is 0 Å². The van der Waals surface area contributed by atoms with Crippen LogP contribution in [-0.4, -0.2) is 47.0 Å². The van der Waals surface area contributed by atoms with E-state index < -0.39 is 0 Å². The van der Waals surface area contributed by atoms with Gasteiger partial charge in [0.2, 0.25) is 5.91 Å². The summed E-state index contributed by atoms with van der Waals surface area (Å²) in [6, 6.07) is 15.8. The molecule has 29 heavy (non-hydrogen) atoms. The first-order valence-electron chi connectivity index (χ1n) is 10.3. The number of imidazole rings is 1. The Bertz CT molecular complexity index is 885. The van der Waals surface area contributed by atoms with Crippen LogP contribution in [0.25, 0.3) is 11.0 Å². The third-order valence-corrected chi connectivity index (χ3v) is 5.04. The number of carbonyl (C=O) groups is 1. The van der Waals surface area contributed by atoms with Crippen molar-refractivity contribution in [1.82, 2.24) is 20.2 Å². The number of para-hydroxylation sites is 3. The van der Waals surface area contributed by atoms with Crippen molar-refractivity contribution in [2.45, 2.75) is 33.2 Å². The Morgan fingerprint density at radius 1 is 1.10 bits per heavy atom. The Hall–Kier alpha value is -2.86. The first-order chi connectivity index (χ1) is 14.2. The fraction of sp³-hybridized carbons (Fsp3) is 0.391. The highest BCUT2D eigenvalue weighted by Crippen LogP contribution is 2.18. The van der Waals surface area contributed by atoms with Gasteiger partial charge in [-0.15, -0.1) is 0 Å². The summed E-state index contributed by atoms with van der Waals surface area (Å²) in [6.07, 6.45) is 0.980. The normalized spacial score (nSPS) is 11.1. The van der Waals surface area contributed by atoms with Gasteiger partial charge in [-0.2, -0.15) is 0 Å². The van der Waals surface area contributed by atoms with Crippen molar-refractivity contribution in [1.29, 1.82) is 0 Å². The molecule has 0 aliphatic carbocycles. The molecule has 0 atom stereocenters. The van der Waals surface area contributed by atoms with Crippen molar-refractivity contribution in [2.24, 2.45) is 0 Å². The first-order valence-corrected chi connectivity index (χ1v) is 10.3. The lowest BCUT2D eigenvalue weighted by atomic mass is 10.2. The second kappa shape index (κ2) is 10.6. The maximum absolute atomic E-state index is 12.3. The van der Waals surface area contributed by atoms with E-state index in [2.05, 4.69) is 34.0 Å². The number of amides is 1. The first kappa shape index (κ1) is 20.9. The summed E-state index contributed by atoms with van der Waals surface area (Å²) in [6.45, 7) is 8.33. The lowest BCUT2D eigenvalue weighted by Gasteiger charge is -2.19. The Morgan fingerprint density at radius 2 is 1.86 bits per heavy atom. The molecule has 6 nitrogen and oxygen atoms in total. The highest BCUT2D eigenvalue weighted by molar-refractivity contribution is 5.77. The molecule has 0 radical (unpaired) electrons. The van der Waals surface area contributed by atoms with Crippen LogP contribution in [0.3, 0.4) is 0 Å². The van der Waals surface area contributed by atoms with Crippen LogP contribution in [0.15, 0.2) is 48.5 Å². The molecule has 0 saturated heterocycles. The van der Waals surface area contributed by atoms with Crippen LogP contribution < -0.4 is 10.1 Å². The number of benzene rings is 2. The topological polar surface area (TPSA) is 70.2 Å². The van der Waals surface area contributed by atoms with E-state index in [0.29, 0.717) is 26.0 Å². The van der Waals surface area contributed by atoms with E-state index in [1.165, 1.54) is 0 Å². The molecule has 0 spiro atoms. The largest absolute Gasteiger partial charge is 0.492 e. The van der Waals surface area contributed by atoms with Crippen LogP contribution >= 0.6 is 0 Å². The number of aromatic amines is 1. The minimum Gasteiger partial charge on any atom is -0.492 e. The number of hydrogen-bond donors (Lipinski definition) is 2. The summed E-state index contributed by atoms with van der Waals surface area (Å²) in [5.74, 6) is 1.67. The number of hydrogen-bond acceptors (Lipinski definition) is 4. The summed E-state index contributed by atoms with van der Waals surface area (Å²) in [5, 5.41) is 2.99. The van der Waals surface area contributed by atoms with Crippen LogP contribution in [0.1, 0.15) is 31.7 Å². The fourth-order valence-corrected chi connectivity index (χ4v) is 3.25. The molecule has 2 aromatic carbocycles. The molecule has 0 bridgehead atoms. The van der Waals surface area contributed by atoms with Crippen molar-refractivity contribution < 1.29 is 9.53 Å². The summed E-state index contributed by atoms with van der Waals surface area (Å²) < 4.78 is 5.96. The number of aromatic nitrogens is 2. The zero-order chi connectivity index (χ0) is 20.5. The van der Waals surface area contributed by atoms with Gasteiger partial charge >= 0.3 is 0 Å². The van der Waals surface area contributed by atoms with Crippen LogP contribution in [0.4, 0.5) is 0 Å². The lowest BCUT2D eigenvalue weighted by Crippen LogP contribution is -2.28. The molecular weight excluding hydrogens is 364 g/mol. The summed E-state index contributed by atoms with van der Waals surface area (Å²) in [5.41, 5.74) is 2.92. The minimum atomic E-state index is 0.00315. The third-order valence-electron chi connectivity index (χ3n) is 5.04. The molecule has 3 aromatic rings. The minimum absolute atomic E-state index is 0.00315. The average molecular weight is 395 g/mol. The summed E-state index contributed by atoms with van der Waals surface area (Å²) >= 11 is 0. The predicted octanol–water partition coefficient (Wildman–Crippen LogP) is 3.53.